The monoisotopic (exact) mass is 338 g/mol. The number of carbonyl (C=O) groups excluding carboxylic acids is 2. The zero-order valence-electron chi connectivity index (χ0n) is 14.6. The van der Waals surface area contributed by atoms with Crippen LogP contribution in [0.25, 0.3) is 0 Å². The van der Waals surface area contributed by atoms with Crippen LogP contribution in [0.15, 0.2) is 36.8 Å². The van der Waals surface area contributed by atoms with Gasteiger partial charge in [0.1, 0.15) is 5.69 Å². The minimum atomic E-state index is -0.130. The SMILES string of the molecule is Cc1ccc(CC(=O)N2CCN(C(=O)c3cnccn3)CC2)cc1C. The molecule has 0 radical (unpaired) electrons. The molecule has 0 atom stereocenters. The van der Waals surface area contributed by atoms with Gasteiger partial charge in [-0.3, -0.25) is 14.6 Å². The number of piperazine rings is 1. The molecule has 1 aromatic heterocycles. The normalized spacial score (nSPS) is 14.5. The van der Waals surface area contributed by atoms with E-state index in [1.807, 2.05) is 11.0 Å². The van der Waals surface area contributed by atoms with E-state index in [9.17, 15) is 9.59 Å². The van der Waals surface area contributed by atoms with Crippen molar-refractivity contribution in [1.82, 2.24) is 19.8 Å². The third-order valence-electron chi connectivity index (χ3n) is 4.63. The van der Waals surface area contributed by atoms with Crippen LogP contribution in [-0.4, -0.2) is 57.8 Å². The molecular weight excluding hydrogens is 316 g/mol. The summed E-state index contributed by atoms with van der Waals surface area (Å²) in [7, 11) is 0. The van der Waals surface area contributed by atoms with Gasteiger partial charge in [-0.15, -0.1) is 0 Å². The summed E-state index contributed by atoms with van der Waals surface area (Å²) in [6.45, 7) is 6.27. The fourth-order valence-electron chi connectivity index (χ4n) is 2.93. The average Bonchev–Trinajstić information content (AvgIpc) is 2.65. The van der Waals surface area contributed by atoms with Crippen LogP contribution >= 0.6 is 0 Å². The molecule has 25 heavy (non-hydrogen) atoms. The maximum absolute atomic E-state index is 12.5. The Morgan fingerprint density at radius 3 is 2.36 bits per heavy atom. The van der Waals surface area contributed by atoms with Crippen molar-refractivity contribution in [2.24, 2.45) is 0 Å². The van der Waals surface area contributed by atoms with Gasteiger partial charge in [0.05, 0.1) is 12.6 Å². The number of amides is 2. The lowest BCUT2D eigenvalue weighted by molar-refractivity contribution is -0.131. The Kier molecular flexibility index (Phi) is 5.07. The fourth-order valence-corrected chi connectivity index (χ4v) is 2.93. The van der Waals surface area contributed by atoms with Crippen molar-refractivity contribution >= 4 is 11.8 Å². The second kappa shape index (κ2) is 7.42. The van der Waals surface area contributed by atoms with Gasteiger partial charge >= 0.3 is 0 Å². The number of hydrogen-bond donors (Lipinski definition) is 0. The fraction of sp³-hybridized carbons (Fsp3) is 0.368. The maximum Gasteiger partial charge on any atom is 0.274 e. The average molecular weight is 338 g/mol. The molecule has 2 aromatic rings. The Hall–Kier alpha value is -2.76. The van der Waals surface area contributed by atoms with Gasteiger partial charge in [-0.2, -0.15) is 0 Å². The molecule has 3 rings (SSSR count). The predicted octanol–water partition coefficient (Wildman–Crippen LogP) is 1.62. The standard InChI is InChI=1S/C19H22N4O2/c1-14-3-4-16(11-15(14)2)12-18(24)22-7-9-23(10-8-22)19(25)17-13-20-5-6-21-17/h3-6,11,13H,7-10,12H2,1-2H3. The number of hydrogen-bond acceptors (Lipinski definition) is 4. The highest BCUT2D eigenvalue weighted by molar-refractivity contribution is 5.92. The van der Waals surface area contributed by atoms with Crippen LogP contribution in [0.5, 0.6) is 0 Å². The van der Waals surface area contributed by atoms with Gasteiger partial charge in [0.2, 0.25) is 5.91 Å². The Morgan fingerprint density at radius 1 is 1.00 bits per heavy atom. The van der Waals surface area contributed by atoms with E-state index >= 15 is 0 Å². The third-order valence-corrected chi connectivity index (χ3v) is 4.63. The van der Waals surface area contributed by atoms with E-state index < -0.39 is 0 Å². The highest BCUT2D eigenvalue weighted by Gasteiger charge is 2.25. The highest BCUT2D eigenvalue weighted by Crippen LogP contribution is 2.13. The van der Waals surface area contributed by atoms with Crippen LogP contribution in [0.2, 0.25) is 0 Å². The summed E-state index contributed by atoms with van der Waals surface area (Å²) in [4.78, 5) is 36.4. The van der Waals surface area contributed by atoms with Crippen LogP contribution in [0, 0.1) is 13.8 Å². The largest absolute Gasteiger partial charge is 0.339 e. The van der Waals surface area contributed by atoms with Crippen LogP contribution in [-0.2, 0) is 11.2 Å². The van der Waals surface area contributed by atoms with Gasteiger partial charge in [0.25, 0.3) is 5.91 Å². The number of nitrogens with zero attached hydrogens (tertiary/aromatic N) is 4. The van der Waals surface area contributed by atoms with Crippen molar-refractivity contribution in [3.8, 4) is 0 Å². The van der Waals surface area contributed by atoms with E-state index in [0.717, 1.165) is 5.56 Å². The Bertz CT molecular complexity index is 768. The lowest BCUT2D eigenvalue weighted by Crippen LogP contribution is -2.51. The van der Waals surface area contributed by atoms with Gasteiger partial charge in [-0.05, 0) is 30.5 Å². The molecule has 0 aliphatic carbocycles. The first kappa shape index (κ1) is 17.1. The van der Waals surface area contributed by atoms with Crippen LogP contribution < -0.4 is 0 Å². The number of aromatic nitrogens is 2. The molecule has 0 saturated carbocycles. The second-order valence-electron chi connectivity index (χ2n) is 6.36. The summed E-state index contributed by atoms with van der Waals surface area (Å²) in [5.41, 5.74) is 3.81. The predicted molar refractivity (Wildman–Crippen MR) is 94.1 cm³/mol. The summed E-state index contributed by atoms with van der Waals surface area (Å²) in [5.74, 6) is -0.0239. The third kappa shape index (κ3) is 4.02. The van der Waals surface area contributed by atoms with Crippen molar-refractivity contribution in [3.05, 3.63) is 59.2 Å². The van der Waals surface area contributed by atoms with E-state index in [-0.39, 0.29) is 11.8 Å². The summed E-state index contributed by atoms with van der Waals surface area (Å²) >= 11 is 0. The summed E-state index contributed by atoms with van der Waals surface area (Å²) in [6.07, 6.45) is 4.93. The molecule has 0 spiro atoms. The number of carbonyl (C=O) groups is 2. The molecule has 1 fully saturated rings. The highest BCUT2D eigenvalue weighted by atomic mass is 16.2. The summed E-state index contributed by atoms with van der Waals surface area (Å²) in [5, 5.41) is 0. The molecule has 2 heterocycles. The minimum absolute atomic E-state index is 0.106. The van der Waals surface area contributed by atoms with Crippen molar-refractivity contribution in [1.29, 1.82) is 0 Å². The van der Waals surface area contributed by atoms with Crippen molar-refractivity contribution in [2.75, 3.05) is 26.2 Å². The molecule has 1 aliphatic heterocycles. The molecule has 130 valence electrons. The molecule has 0 N–H and O–H groups in total. The second-order valence-corrected chi connectivity index (χ2v) is 6.36. The van der Waals surface area contributed by atoms with Crippen LogP contribution in [0.3, 0.4) is 0 Å². The minimum Gasteiger partial charge on any atom is -0.339 e. The summed E-state index contributed by atoms with van der Waals surface area (Å²) in [6, 6.07) is 6.13. The van der Waals surface area contributed by atoms with E-state index in [2.05, 4.69) is 35.9 Å². The van der Waals surface area contributed by atoms with Gasteiger partial charge in [0, 0.05) is 38.6 Å². The molecular formula is C19H22N4O2. The van der Waals surface area contributed by atoms with Gasteiger partial charge in [0.15, 0.2) is 0 Å². The maximum atomic E-state index is 12.5. The molecule has 1 aliphatic rings. The smallest absolute Gasteiger partial charge is 0.274 e. The first-order chi connectivity index (χ1) is 12.0. The quantitative estimate of drug-likeness (QED) is 0.853. The van der Waals surface area contributed by atoms with Crippen LogP contribution in [0.1, 0.15) is 27.2 Å². The van der Waals surface area contributed by atoms with E-state index in [1.54, 1.807) is 11.1 Å². The number of rotatable bonds is 3. The Balaban J connectivity index is 1.55. The van der Waals surface area contributed by atoms with Gasteiger partial charge in [-0.1, -0.05) is 18.2 Å². The van der Waals surface area contributed by atoms with Crippen molar-refractivity contribution in [2.45, 2.75) is 20.3 Å². The topological polar surface area (TPSA) is 66.4 Å². The zero-order valence-corrected chi connectivity index (χ0v) is 14.6. The summed E-state index contributed by atoms with van der Waals surface area (Å²) < 4.78 is 0. The molecule has 1 saturated heterocycles. The lowest BCUT2D eigenvalue weighted by atomic mass is 10.0. The van der Waals surface area contributed by atoms with Crippen molar-refractivity contribution in [3.63, 3.8) is 0 Å². The van der Waals surface area contributed by atoms with E-state index in [4.69, 9.17) is 0 Å². The lowest BCUT2D eigenvalue weighted by Gasteiger charge is -2.34. The first-order valence-electron chi connectivity index (χ1n) is 8.44. The Morgan fingerprint density at radius 2 is 1.72 bits per heavy atom. The molecule has 6 nitrogen and oxygen atoms in total. The molecule has 0 unspecified atom stereocenters. The van der Waals surface area contributed by atoms with Crippen molar-refractivity contribution < 1.29 is 9.59 Å². The molecule has 0 bridgehead atoms. The van der Waals surface area contributed by atoms with E-state index in [1.165, 1.54) is 23.5 Å². The first-order valence-corrected chi connectivity index (χ1v) is 8.44. The van der Waals surface area contributed by atoms with Gasteiger partial charge in [-0.25, -0.2) is 4.98 Å². The van der Waals surface area contributed by atoms with E-state index in [0.29, 0.717) is 38.3 Å². The molecule has 6 heteroatoms. The zero-order chi connectivity index (χ0) is 17.8. The number of aryl methyl sites for hydroxylation is 2. The Labute approximate surface area is 147 Å². The van der Waals surface area contributed by atoms with Gasteiger partial charge < -0.3 is 9.80 Å². The molecule has 1 aromatic carbocycles. The molecule has 2 amide bonds. The number of benzene rings is 1. The van der Waals surface area contributed by atoms with Crippen LogP contribution in [0.4, 0.5) is 0 Å².